The van der Waals surface area contributed by atoms with Crippen molar-refractivity contribution in [3.63, 3.8) is 0 Å². The Bertz CT molecular complexity index is 634. The quantitative estimate of drug-likeness (QED) is 0.937. The molecule has 0 aliphatic heterocycles. The fourth-order valence-electron chi connectivity index (χ4n) is 1.75. The molecule has 0 amide bonds. The second kappa shape index (κ2) is 5.32. The number of anilines is 1. The molecule has 0 fully saturated rings. The lowest BCUT2D eigenvalue weighted by atomic mass is 10.1. The number of fused-ring (bicyclic) bond motifs is 1. The Hall–Kier alpha value is -1.67. The van der Waals surface area contributed by atoms with Gasteiger partial charge in [0.2, 0.25) is 0 Å². The highest BCUT2D eigenvalue weighted by molar-refractivity contribution is 9.10. The van der Waals surface area contributed by atoms with Crippen molar-refractivity contribution in [1.82, 2.24) is 4.98 Å². The third-order valence-electron chi connectivity index (χ3n) is 2.56. The van der Waals surface area contributed by atoms with E-state index in [9.17, 15) is 4.39 Å². The van der Waals surface area contributed by atoms with Crippen LogP contribution >= 0.6 is 15.9 Å². The molecule has 1 aromatic carbocycles. The third kappa shape index (κ3) is 2.29. The molecule has 0 aliphatic rings. The second-order valence-electron chi connectivity index (χ2n) is 3.87. The molecule has 0 unspecified atom stereocenters. The number of rotatable bonds is 3. The van der Waals surface area contributed by atoms with E-state index in [1.165, 1.54) is 18.3 Å². The van der Waals surface area contributed by atoms with Crippen molar-refractivity contribution < 1.29 is 4.39 Å². The van der Waals surface area contributed by atoms with Crippen molar-refractivity contribution in [1.29, 1.82) is 5.26 Å². The van der Waals surface area contributed by atoms with Crippen molar-refractivity contribution in [3.8, 4) is 6.07 Å². The monoisotopic (exact) mass is 307 g/mol. The molecule has 1 N–H and O–H groups in total. The first-order valence-electron chi connectivity index (χ1n) is 5.59. The Morgan fingerprint density at radius 2 is 2.28 bits per heavy atom. The number of pyridine rings is 1. The average molecular weight is 308 g/mol. The summed E-state index contributed by atoms with van der Waals surface area (Å²) in [6.07, 6.45) is 2.42. The van der Waals surface area contributed by atoms with E-state index < -0.39 is 0 Å². The summed E-state index contributed by atoms with van der Waals surface area (Å²) in [5.41, 5.74) is 1.71. The molecule has 92 valence electrons. The molecule has 1 aromatic heterocycles. The lowest BCUT2D eigenvalue weighted by Gasteiger charge is -2.11. The van der Waals surface area contributed by atoms with Crippen molar-refractivity contribution in [3.05, 3.63) is 34.2 Å². The fraction of sp³-hybridized carbons (Fsp3) is 0.231. The molecular formula is C13H11BrFN3. The molecule has 2 rings (SSSR count). The SMILES string of the molecule is CCCNc1c(C#N)cnc2c(Br)cc(F)cc12. The Balaban J connectivity index is 2.72. The molecule has 5 heteroatoms. The molecular weight excluding hydrogens is 297 g/mol. The summed E-state index contributed by atoms with van der Waals surface area (Å²) in [4.78, 5) is 4.19. The number of nitrogens with zero attached hydrogens (tertiary/aromatic N) is 2. The Kier molecular flexibility index (Phi) is 3.78. The number of nitriles is 1. The molecule has 0 bridgehead atoms. The maximum Gasteiger partial charge on any atom is 0.125 e. The molecule has 1 heterocycles. The Labute approximate surface area is 113 Å². The van der Waals surface area contributed by atoms with Gasteiger partial charge in [0.25, 0.3) is 0 Å². The molecule has 0 saturated carbocycles. The van der Waals surface area contributed by atoms with Crippen LogP contribution in [0.4, 0.5) is 10.1 Å². The molecule has 0 radical (unpaired) electrons. The molecule has 3 nitrogen and oxygen atoms in total. The van der Waals surface area contributed by atoms with Crippen LogP contribution in [-0.2, 0) is 0 Å². The molecule has 0 saturated heterocycles. The highest BCUT2D eigenvalue weighted by Gasteiger charge is 2.11. The van der Waals surface area contributed by atoms with Crippen LogP contribution < -0.4 is 5.32 Å². The smallest absolute Gasteiger partial charge is 0.125 e. The van der Waals surface area contributed by atoms with E-state index in [-0.39, 0.29) is 5.82 Å². The number of benzene rings is 1. The summed E-state index contributed by atoms with van der Waals surface area (Å²) in [5, 5.41) is 12.9. The topological polar surface area (TPSA) is 48.7 Å². The van der Waals surface area contributed by atoms with Crippen molar-refractivity contribution in [2.45, 2.75) is 13.3 Å². The summed E-state index contributed by atoms with van der Waals surface area (Å²) < 4.78 is 14.1. The summed E-state index contributed by atoms with van der Waals surface area (Å²) >= 11 is 3.28. The first-order chi connectivity index (χ1) is 8.67. The average Bonchev–Trinajstić information content (AvgIpc) is 2.35. The zero-order chi connectivity index (χ0) is 13.1. The van der Waals surface area contributed by atoms with Gasteiger partial charge in [-0.3, -0.25) is 4.98 Å². The minimum atomic E-state index is -0.356. The standard InChI is InChI=1S/C13H11BrFN3/c1-2-3-17-12-8(6-16)7-18-13-10(12)4-9(15)5-11(13)14/h4-5,7H,2-3H2,1H3,(H,17,18). The van der Waals surface area contributed by atoms with E-state index in [4.69, 9.17) is 5.26 Å². The maximum absolute atomic E-state index is 13.5. The van der Waals surface area contributed by atoms with E-state index in [0.29, 0.717) is 26.6 Å². The van der Waals surface area contributed by atoms with Crippen molar-refractivity contribution in [2.24, 2.45) is 0 Å². The van der Waals surface area contributed by atoms with Gasteiger partial charge >= 0.3 is 0 Å². The van der Waals surface area contributed by atoms with Crippen molar-refractivity contribution >= 4 is 32.5 Å². The lowest BCUT2D eigenvalue weighted by molar-refractivity contribution is 0.629. The van der Waals surface area contributed by atoms with Gasteiger partial charge in [0.15, 0.2) is 0 Å². The van der Waals surface area contributed by atoms with Gasteiger partial charge in [-0.2, -0.15) is 5.26 Å². The van der Waals surface area contributed by atoms with E-state index in [0.717, 1.165) is 13.0 Å². The summed E-state index contributed by atoms with van der Waals surface area (Å²) in [5.74, 6) is -0.356. The molecule has 18 heavy (non-hydrogen) atoms. The molecule has 2 aromatic rings. The van der Waals surface area contributed by atoms with Gasteiger partial charge in [0, 0.05) is 22.6 Å². The molecule has 0 spiro atoms. The fourth-order valence-corrected chi connectivity index (χ4v) is 2.29. The maximum atomic E-state index is 13.5. The van der Waals surface area contributed by atoms with Gasteiger partial charge in [-0.25, -0.2) is 4.39 Å². The van der Waals surface area contributed by atoms with Gasteiger partial charge in [-0.05, 0) is 34.5 Å². The lowest BCUT2D eigenvalue weighted by Crippen LogP contribution is -2.03. The predicted octanol–water partition coefficient (Wildman–Crippen LogP) is 3.83. The first kappa shape index (κ1) is 12.8. The summed E-state index contributed by atoms with van der Waals surface area (Å²) in [6, 6.07) is 4.83. The van der Waals surface area contributed by atoms with Gasteiger partial charge in [0.05, 0.1) is 16.8 Å². The van der Waals surface area contributed by atoms with Crippen LogP contribution in [0, 0.1) is 17.1 Å². The molecule has 0 atom stereocenters. The van der Waals surface area contributed by atoms with Crippen LogP contribution in [0.5, 0.6) is 0 Å². The highest BCUT2D eigenvalue weighted by atomic mass is 79.9. The zero-order valence-electron chi connectivity index (χ0n) is 9.80. The van der Waals surface area contributed by atoms with Crippen LogP contribution in [0.1, 0.15) is 18.9 Å². The molecule has 0 aliphatic carbocycles. The normalized spacial score (nSPS) is 10.3. The van der Waals surface area contributed by atoms with Gasteiger partial charge in [-0.1, -0.05) is 6.92 Å². The zero-order valence-corrected chi connectivity index (χ0v) is 11.4. The number of hydrogen-bond donors (Lipinski definition) is 1. The Morgan fingerprint density at radius 3 is 2.94 bits per heavy atom. The van der Waals surface area contributed by atoms with Crippen LogP contribution in [0.25, 0.3) is 10.9 Å². The van der Waals surface area contributed by atoms with Crippen LogP contribution in [0.15, 0.2) is 22.8 Å². The summed E-state index contributed by atoms with van der Waals surface area (Å²) in [6.45, 7) is 2.75. The largest absolute Gasteiger partial charge is 0.383 e. The van der Waals surface area contributed by atoms with Crippen LogP contribution in [0.2, 0.25) is 0 Å². The number of aromatic nitrogens is 1. The highest BCUT2D eigenvalue weighted by Crippen LogP contribution is 2.31. The van der Waals surface area contributed by atoms with Crippen LogP contribution in [-0.4, -0.2) is 11.5 Å². The van der Waals surface area contributed by atoms with Gasteiger partial charge in [-0.15, -0.1) is 0 Å². The summed E-state index contributed by atoms with van der Waals surface area (Å²) in [7, 11) is 0. The van der Waals surface area contributed by atoms with E-state index in [2.05, 4.69) is 32.3 Å². The third-order valence-corrected chi connectivity index (χ3v) is 3.17. The minimum absolute atomic E-state index is 0.356. The van der Waals surface area contributed by atoms with E-state index in [1.807, 2.05) is 6.92 Å². The number of halogens is 2. The number of nitrogens with one attached hydrogen (secondary N) is 1. The minimum Gasteiger partial charge on any atom is -0.383 e. The predicted molar refractivity (Wildman–Crippen MR) is 72.9 cm³/mol. The van der Waals surface area contributed by atoms with Crippen LogP contribution in [0.3, 0.4) is 0 Å². The van der Waals surface area contributed by atoms with Gasteiger partial charge < -0.3 is 5.32 Å². The van der Waals surface area contributed by atoms with E-state index >= 15 is 0 Å². The second-order valence-corrected chi connectivity index (χ2v) is 4.72. The first-order valence-corrected chi connectivity index (χ1v) is 6.38. The van der Waals surface area contributed by atoms with Gasteiger partial charge in [0.1, 0.15) is 11.9 Å². The Morgan fingerprint density at radius 1 is 1.50 bits per heavy atom. The van der Waals surface area contributed by atoms with Crippen molar-refractivity contribution in [2.75, 3.05) is 11.9 Å². The van der Waals surface area contributed by atoms with E-state index in [1.54, 1.807) is 0 Å². The number of hydrogen-bond acceptors (Lipinski definition) is 3.